The third kappa shape index (κ3) is 7.59. The van der Waals surface area contributed by atoms with Gasteiger partial charge in [-0.15, -0.1) is 0 Å². The van der Waals surface area contributed by atoms with Crippen LogP contribution in [0.2, 0.25) is 0 Å². The number of aliphatic hydroxyl groups is 2. The molecule has 1 heterocycles. The molecule has 0 saturated carbocycles. The summed E-state index contributed by atoms with van der Waals surface area (Å²) in [5.41, 5.74) is 0. The van der Waals surface area contributed by atoms with E-state index in [9.17, 15) is 5.11 Å². The standard InChI is InChI=1S/C24H34O5/c25-18-23-16-22(17-24(26)29-23)28-14-8-4-2-1-3-7-13-27-21-12-11-19-9-5-6-10-20(19)15-21/h5-6,9-12,15,22-26H,1-4,7-8,13-14,16-18H2. The minimum absolute atomic E-state index is 0.0110. The lowest BCUT2D eigenvalue weighted by Crippen LogP contribution is -2.38. The van der Waals surface area contributed by atoms with Gasteiger partial charge < -0.3 is 24.4 Å². The average Bonchev–Trinajstić information content (AvgIpc) is 2.74. The van der Waals surface area contributed by atoms with Crippen molar-refractivity contribution in [3.63, 3.8) is 0 Å². The van der Waals surface area contributed by atoms with Gasteiger partial charge in [-0.3, -0.25) is 0 Å². The Bertz CT molecular complexity index is 719. The maximum absolute atomic E-state index is 9.62. The molecule has 2 aromatic rings. The van der Waals surface area contributed by atoms with Gasteiger partial charge in [0.25, 0.3) is 0 Å². The summed E-state index contributed by atoms with van der Waals surface area (Å²) in [6.07, 6.45) is 6.87. The molecule has 0 bridgehead atoms. The Morgan fingerprint density at radius 3 is 2.38 bits per heavy atom. The van der Waals surface area contributed by atoms with Crippen molar-refractivity contribution in [2.24, 2.45) is 0 Å². The van der Waals surface area contributed by atoms with Crippen LogP contribution in [0.1, 0.15) is 51.4 Å². The highest BCUT2D eigenvalue weighted by atomic mass is 16.6. The molecule has 3 rings (SSSR count). The van der Waals surface area contributed by atoms with Crippen molar-refractivity contribution in [3.8, 4) is 5.75 Å². The van der Waals surface area contributed by atoms with E-state index in [0.29, 0.717) is 19.4 Å². The molecule has 5 heteroatoms. The van der Waals surface area contributed by atoms with Gasteiger partial charge in [-0.1, -0.05) is 56.0 Å². The predicted octanol–water partition coefficient (Wildman–Crippen LogP) is 4.43. The molecule has 2 N–H and O–H groups in total. The zero-order valence-corrected chi connectivity index (χ0v) is 17.2. The first-order valence-electron chi connectivity index (χ1n) is 10.9. The highest BCUT2D eigenvalue weighted by Crippen LogP contribution is 2.22. The summed E-state index contributed by atoms with van der Waals surface area (Å²) >= 11 is 0. The first-order valence-corrected chi connectivity index (χ1v) is 10.9. The molecule has 0 aromatic heterocycles. The first-order chi connectivity index (χ1) is 14.2. The maximum atomic E-state index is 9.62. The molecule has 5 nitrogen and oxygen atoms in total. The molecule has 160 valence electrons. The summed E-state index contributed by atoms with van der Waals surface area (Å²) in [5, 5.41) is 21.2. The maximum Gasteiger partial charge on any atom is 0.157 e. The first kappa shape index (κ1) is 22.0. The summed E-state index contributed by atoms with van der Waals surface area (Å²) in [4.78, 5) is 0. The lowest BCUT2D eigenvalue weighted by molar-refractivity contribution is -0.205. The second kappa shape index (κ2) is 12.1. The van der Waals surface area contributed by atoms with E-state index in [4.69, 9.17) is 19.3 Å². The van der Waals surface area contributed by atoms with E-state index in [1.807, 2.05) is 6.07 Å². The Morgan fingerprint density at radius 1 is 0.862 bits per heavy atom. The minimum Gasteiger partial charge on any atom is -0.494 e. The second-order valence-electron chi connectivity index (χ2n) is 7.84. The van der Waals surface area contributed by atoms with Crippen molar-refractivity contribution in [3.05, 3.63) is 42.5 Å². The zero-order chi connectivity index (χ0) is 20.3. The number of hydrogen-bond acceptors (Lipinski definition) is 5. The lowest BCUT2D eigenvalue weighted by atomic mass is 10.1. The quantitative estimate of drug-likeness (QED) is 0.514. The van der Waals surface area contributed by atoms with Crippen LogP contribution >= 0.6 is 0 Å². The second-order valence-corrected chi connectivity index (χ2v) is 7.84. The average molecular weight is 403 g/mol. The van der Waals surface area contributed by atoms with Crippen LogP contribution in [0.4, 0.5) is 0 Å². The largest absolute Gasteiger partial charge is 0.494 e. The van der Waals surface area contributed by atoms with Crippen LogP contribution in [0.25, 0.3) is 10.8 Å². The number of rotatable bonds is 12. The number of fused-ring (bicyclic) bond motifs is 1. The molecule has 3 atom stereocenters. The third-order valence-corrected chi connectivity index (χ3v) is 5.43. The molecule has 1 fully saturated rings. The van der Waals surface area contributed by atoms with E-state index in [1.165, 1.54) is 30.0 Å². The Balaban J connectivity index is 1.17. The van der Waals surface area contributed by atoms with Crippen LogP contribution in [-0.4, -0.2) is 48.5 Å². The molecule has 0 radical (unpaired) electrons. The van der Waals surface area contributed by atoms with Gasteiger partial charge in [0.05, 0.1) is 25.4 Å². The van der Waals surface area contributed by atoms with Crippen LogP contribution in [0.5, 0.6) is 5.75 Å². The molecule has 0 aliphatic carbocycles. The summed E-state index contributed by atoms with van der Waals surface area (Å²) in [5.74, 6) is 0.947. The van der Waals surface area contributed by atoms with Gasteiger partial charge in [0.15, 0.2) is 6.29 Å². The van der Waals surface area contributed by atoms with Crippen LogP contribution < -0.4 is 4.74 Å². The molecule has 1 aliphatic rings. The van der Waals surface area contributed by atoms with Crippen LogP contribution in [0.3, 0.4) is 0 Å². The van der Waals surface area contributed by atoms with Crippen molar-refractivity contribution >= 4 is 10.8 Å². The Kier molecular flexibility index (Phi) is 9.22. The van der Waals surface area contributed by atoms with E-state index < -0.39 is 6.29 Å². The minimum atomic E-state index is -0.817. The highest BCUT2D eigenvalue weighted by molar-refractivity contribution is 5.83. The summed E-state index contributed by atoms with van der Waals surface area (Å²) in [6.45, 7) is 1.40. The summed E-state index contributed by atoms with van der Waals surface area (Å²) < 4.78 is 16.9. The highest BCUT2D eigenvalue weighted by Gasteiger charge is 2.28. The topological polar surface area (TPSA) is 68.2 Å². The lowest BCUT2D eigenvalue weighted by Gasteiger charge is -2.31. The Labute approximate surface area is 173 Å². The number of ether oxygens (including phenoxy) is 3. The SMILES string of the molecule is OCC1CC(OCCCCCCCCOc2ccc3ccccc3c2)CC(O)O1. The van der Waals surface area contributed by atoms with E-state index in [2.05, 4.69) is 36.4 Å². The van der Waals surface area contributed by atoms with Crippen molar-refractivity contribution < 1.29 is 24.4 Å². The van der Waals surface area contributed by atoms with E-state index in [1.54, 1.807) is 0 Å². The van der Waals surface area contributed by atoms with Gasteiger partial charge in [0.1, 0.15) is 5.75 Å². The predicted molar refractivity (Wildman–Crippen MR) is 114 cm³/mol. The van der Waals surface area contributed by atoms with Gasteiger partial charge in [0, 0.05) is 19.4 Å². The van der Waals surface area contributed by atoms with Crippen molar-refractivity contribution in [2.45, 2.75) is 69.9 Å². The van der Waals surface area contributed by atoms with Gasteiger partial charge in [-0.05, 0) is 35.7 Å². The number of aliphatic hydroxyl groups excluding tert-OH is 2. The molecular formula is C24H34O5. The van der Waals surface area contributed by atoms with Crippen molar-refractivity contribution in [1.82, 2.24) is 0 Å². The molecule has 2 aromatic carbocycles. The fourth-order valence-electron chi connectivity index (χ4n) is 3.81. The fourth-order valence-corrected chi connectivity index (χ4v) is 3.81. The molecule has 29 heavy (non-hydrogen) atoms. The number of hydrogen-bond donors (Lipinski definition) is 2. The molecule has 1 saturated heterocycles. The summed E-state index contributed by atoms with van der Waals surface area (Å²) in [7, 11) is 0. The normalized spacial score (nSPS) is 22.1. The van der Waals surface area contributed by atoms with Gasteiger partial charge in [-0.25, -0.2) is 0 Å². The number of benzene rings is 2. The Hall–Kier alpha value is -1.66. The van der Waals surface area contributed by atoms with Crippen molar-refractivity contribution in [1.29, 1.82) is 0 Å². The molecule has 1 aliphatic heterocycles. The van der Waals surface area contributed by atoms with E-state index >= 15 is 0 Å². The fraction of sp³-hybridized carbons (Fsp3) is 0.583. The van der Waals surface area contributed by atoms with Gasteiger partial charge >= 0.3 is 0 Å². The molecule has 0 spiro atoms. The number of unbranched alkanes of at least 4 members (excludes halogenated alkanes) is 5. The van der Waals surface area contributed by atoms with Crippen LogP contribution in [-0.2, 0) is 9.47 Å². The Morgan fingerprint density at radius 2 is 1.59 bits per heavy atom. The van der Waals surface area contributed by atoms with Gasteiger partial charge in [-0.2, -0.15) is 0 Å². The summed E-state index contributed by atoms with van der Waals surface area (Å²) in [6, 6.07) is 14.6. The molecule has 0 amide bonds. The monoisotopic (exact) mass is 402 g/mol. The molecule has 3 unspecified atom stereocenters. The zero-order valence-electron chi connectivity index (χ0n) is 17.2. The van der Waals surface area contributed by atoms with Crippen molar-refractivity contribution in [2.75, 3.05) is 19.8 Å². The van der Waals surface area contributed by atoms with Crippen LogP contribution in [0.15, 0.2) is 42.5 Å². The third-order valence-electron chi connectivity index (χ3n) is 5.43. The van der Waals surface area contributed by atoms with Gasteiger partial charge in [0.2, 0.25) is 0 Å². The van der Waals surface area contributed by atoms with E-state index in [0.717, 1.165) is 31.6 Å². The van der Waals surface area contributed by atoms with E-state index in [-0.39, 0.29) is 18.8 Å². The smallest absolute Gasteiger partial charge is 0.157 e. The molecular weight excluding hydrogens is 368 g/mol. The van der Waals surface area contributed by atoms with Crippen LogP contribution in [0, 0.1) is 0 Å².